The van der Waals surface area contributed by atoms with Gasteiger partial charge in [-0.15, -0.1) is 0 Å². The molecule has 0 aliphatic heterocycles. The van der Waals surface area contributed by atoms with Crippen LogP contribution in [0.25, 0.3) is 0 Å². The van der Waals surface area contributed by atoms with E-state index in [1.807, 2.05) is 13.0 Å². The largest absolute Gasteiger partial charge is 0.365 e. The van der Waals surface area contributed by atoms with Gasteiger partial charge in [0.1, 0.15) is 5.82 Å². The minimum Gasteiger partial charge on any atom is -0.365 e. The number of primary sulfonamides is 1. The van der Waals surface area contributed by atoms with E-state index in [2.05, 4.69) is 41.4 Å². The number of rotatable bonds is 6. The average molecular weight is 363 g/mol. The molecule has 4 N–H and O–H groups in total. The van der Waals surface area contributed by atoms with Gasteiger partial charge in [-0.25, -0.2) is 18.5 Å². The van der Waals surface area contributed by atoms with Gasteiger partial charge < -0.3 is 10.6 Å². The molecular weight excluding hydrogens is 338 g/mol. The van der Waals surface area contributed by atoms with E-state index in [4.69, 9.17) is 5.14 Å². The maximum Gasteiger partial charge on any atom is 0.238 e. The molecule has 0 saturated carbocycles. The first-order valence-electron chi connectivity index (χ1n) is 8.02. The molecule has 0 fully saturated rings. The predicted octanol–water partition coefficient (Wildman–Crippen LogP) is 2.30. The molecule has 2 aromatic rings. The first kappa shape index (κ1) is 19.1. The molecule has 0 spiro atoms. The molecule has 0 aliphatic rings. The second-order valence-corrected chi connectivity index (χ2v) is 8.52. The molecule has 136 valence electrons. The van der Waals surface area contributed by atoms with Gasteiger partial charge in [0.25, 0.3) is 0 Å². The van der Waals surface area contributed by atoms with Crippen molar-refractivity contribution in [2.24, 2.45) is 5.14 Å². The third-order valence-corrected chi connectivity index (χ3v) is 4.24. The van der Waals surface area contributed by atoms with Crippen molar-refractivity contribution in [3.63, 3.8) is 0 Å². The van der Waals surface area contributed by atoms with Gasteiger partial charge in [-0.2, -0.15) is 4.98 Å². The number of aryl methyl sites for hydroxylation is 1. The predicted molar refractivity (Wildman–Crippen MR) is 100 cm³/mol. The van der Waals surface area contributed by atoms with Gasteiger partial charge in [0.05, 0.1) is 4.90 Å². The monoisotopic (exact) mass is 363 g/mol. The first-order valence-corrected chi connectivity index (χ1v) is 9.57. The molecule has 0 saturated heterocycles. The highest BCUT2D eigenvalue weighted by molar-refractivity contribution is 7.89. The van der Waals surface area contributed by atoms with Crippen molar-refractivity contribution in [3.8, 4) is 0 Å². The summed E-state index contributed by atoms with van der Waals surface area (Å²) in [6.07, 6.45) is 0.713. The summed E-state index contributed by atoms with van der Waals surface area (Å²) in [7, 11) is -3.65. The van der Waals surface area contributed by atoms with E-state index >= 15 is 0 Å². The second kappa shape index (κ2) is 7.37. The van der Waals surface area contributed by atoms with E-state index in [1.165, 1.54) is 12.1 Å². The lowest BCUT2D eigenvalue weighted by atomic mass is 10.1. The van der Waals surface area contributed by atoms with Crippen LogP contribution < -0.4 is 15.8 Å². The minimum atomic E-state index is -3.65. The normalized spacial score (nSPS) is 12.0. The van der Waals surface area contributed by atoms with Crippen molar-refractivity contribution in [3.05, 3.63) is 41.6 Å². The fourth-order valence-corrected chi connectivity index (χ4v) is 2.78. The Bertz CT molecular complexity index is 827. The van der Waals surface area contributed by atoms with Gasteiger partial charge >= 0.3 is 0 Å². The number of nitrogens with two attached hydrogens (primary N) is 1. The van der Waals surface area contributed by atoms with Crippen LogP contribution in [0.15, 0.2) is 35.2 Å². The minimum absolute atomic E-state index is 0.0802. The van der Waals surface area contributed by atoms with Crippen molar-refractivity contribution < 1.29 is 8.42 Å². The number of aromatic nitrogens is 2. The maximum absolute atomic E-state index is 11.2. The molecule has 1 heterocycles. The highest BCUT2D eigenvalue weighted by atomic mass is 32.2. The first-order chi connectivity index (χ1) is 11.5. The molecule has 1 aromatic heterocycles. The number of sulfonamides is 1. The van der Waals surface area contributed by atoms with Crippen LogP contribution in [0.1, 0.15) is 32.0 Å². The Morgan fingerprint density at radius 2 is 1.76 bits per heavy atom. The lowest BCUT2D eigenvalue weighted by Gasteiger charge is -2.21. The Kier molecular flexibility index (Phi) is 5.64. The molecule has 25 heavy (non-hydrogen) atoms. The van der Waals surface area contributed by atoms with Crippen molar-refractivity contribution in [2.75, 3.05) is 17.2 Å². The highest BCUT2D eigenvalue weighted by Crippen LogP contribution is 2.15. The smallest absolute Gasteiger partial charge is 0.238 e. The molecule has 0 amide bonds. The summed E-state index contributed by atoms with van der Waals surface area (Å²) in [5.41, 5.74) is 1.80. The Labute approximate surface area is 149 Å². The van der Waals surface area contributed by atoms with E-state index in [1.54, 1.807) is 12.1 Å². The van der Waals surface area contributed by atoms with Crippen LogP contribution in [0.5, 0.6) is 0 Å². The molecule has 0 atom stereocenters. The summed E-state index contributed by atoms with van der Waals surface area (Å²) in [5.74, 6) is 1.34. The van der Waals surface area contributed by atoms with Crippen molar-refractivity contribution in [2.45, 2.75) is 44.6 Å². The molecule has 8 heteroatoms. The number of benzene rings is 1. The molecule has 2 rings (SSSR count). The molecule has 0 bridgehead atoms. The van der Waals surface area contributed by atoms with E-state index in [0.717, 1.165) is 17.1 Å². The molecule has 0 unspecified atom stereocenters. The van der Waals surface area contributed by atoms with Gasteiger partial charge in [0, 0.05) is 23.8 Å². The number of hydrogen-bond acceptors (Lipinski definition) is 6. The fraction of sp³-hybridized carbons (Fsp3) is 0.412. The van der Waals surface area contributed by atoms with Crippen molar-refractivity contribution in [1.29, 1.82) is 0 Å². The van der Waals surface area contributed by atoms with Crippen LogP contribution in [-0.2, 0) is 16.4 Å². The molecule has 0 aliphatic carbocycles. The number of hydrogen-bond donors (Lipinski definition) is 3. The van der Waals surface area contributed by atoms with Crippen LogP contribution in [-0.4, -0.2) is 30.5 Å². The lowest BCUT2D eigenvalue weighted by molar-refractivity contribution is 0.597. The van der Waals surface area contributed by atoms with Gasteiger partial charge in [0.2, 0.25) is 16.0 Å². The summed E-state index contributed by atoms with van der Waals surface area (Å²) < 4.78 is 22.5. The molecule has 7 nitrogen and oxygen atoms in total. The Balaban J connectivity index is 1.97. The standard InChI is InChI=1S/C17H25N5O2S/c1-12-11-15(22-17(2,3)4)21-16(20-12)19-10-9-13-5-7-14(8-6-13)25(18,23)24/h5-8,11H,9-10H2,1-4H3,(H2,18,23,24)(H2,19,20,21,22). The second-order valence-electron chi connectivity index (χ2n) is 6.96. The maximum atomic E-state index is 11.2. The SMILES string of the molecule is Cc1cc(NC(C)(C)C)nc(NCCc2ccc(S(N)(=O)=O)cc2)n1. The summed E-state index contributed by atoms with van der Waals surface area (Å²) >= 11 is 0. The summed E-state index contributed by atoms with van der Waals surface area (Å²) in [6, 6.07) is 8.44. The van der Waals surface area contributed by atoms with Crippen LogP contribution in [0, 0.1) is 6.92 Å². The third-order valence-electron chi connectivity index (χ3n) is 3.31. The van der Waals surface area contributed by atoms with Gasteiger partial charge in [-0.1, -0.05) is 12.1 Å². The van der Waals surface area contributed by atoms with Crippen LogP contribution in [0.4, 0.5) is 11.8 Å². The zero-order valence-electron chi connectivity index (χ0n) is 15.0. The number of anilines is 2. The summed E-state index contributed by atoms with van der Waals surface area (Å²) in [6.45, 7) is 8.77. The zero-order valence-corrected chi connectivity index (χ0v) is 15.8. The van der Waals surface area contributed by atoms with Crippen LogP contribution in [0.2, 0.25) is 0 Å². The average Bonchev–Trinajstić information content (AvgIpc) is 2.44. The van der Waals surface area contributed by atoms with Crippen molar-refractivity contribution >= 4 is 21.8 Å². The zero-order chi connectivity index (χ0) is 18.7. The highest BCUT2D eigenvalue weighted by Gasteiger charge is 2.11. The Morgan fingerprint density at radius 1 is 1.12 bits per heavy atom. The van der Waals surface area contributed by atoms with E-state index < -0.39 is 10.0 Å². The summed E-state index contributed by atoms with van der Waals surface area (Å²) in [5, 5.41) is 11.6. The summed E-state index contributed by atoms with van der Waals surface area (Å²) in [4.78, 5) is 8.97. The van der Waals surface area contributed by atoms with E-state index in [9.17, 15) is 8.42 Å². The van der Waals surface area contributed by atoms with Gasteiger partial charge in [-0.05, 0) is 51.8 Å². The van der Waals surface area contributed by atoms with E-state index in [0.29, 0.717) is 18.9 Å². The van der Waals surface area contributed by atoms with Gasteiger partial charge in [-0.3, -0.25) is 0 Å². The number of nitrogens with zero attached hydrogens (tertiary/aromatic N) is 2. The third kappa shape index (κ3) is 6.32. The van der Waals surface area contributed by atoms with Gasteiger partial charge in [0.15, 0.2) is 0 Å². The quantitative estimate of drug-likeness (QED) is 0.726. The molecular formula is C17H25N5O2S. The van der Waals surface area contributed by atoms with Crippen LogP contribution in [0.3, 0.4) is 0 Å². The molecule has 0 radical (unpaired) electrons. The lowest BCUT2D eigenvalue weighted by Crippen LogP contribution is -2.27. The topological polar surface area (TPSA) is 110 Å². The molecule has 1 aromatic carbocycles. The van der Waals surface area contributed by atoms with Crippen LogP contribution >= 0.6 is 0 Å². The fourth-order valence-electron chi connectivity index (χ4n) is 2.26. The number of nitrogens with one attached hydrogen (secondary N) is 2. The Hall–Kier alpha value is -2.19. The Morgan fingerprint density at radius 3 is 2.32 bits per heavy atom. The van der Waals surface area contributed by atoms with Crippen molar-refractivity contribution in [1.82, 2.24) is 9.97 Å². The van der Waals surface area contributed by atoms with E-state index in [-0.39, 0.29) is 10.4 Å².